The summed E-state index contributed by atoms with van der Waals surface area (Å²) in [5.74, 6) is 1.10. The molecule has 0 atom stereocenters. The third-order valence-electron chi connectivity index (χ3n) is 4.73. The number of nitrogens with one attached hydrogen (secondary N) is 2. The van der Waals surface area contributed by atoms with Gasteiger partial charge in [-0.1, -0.05) is 18.2 Å². The second kappa shape index (κ2) is 6.42. The van der Waals surface area contributed by atoms with Gasteiger partial charge in [0, 0.05) is 49.0 Å². The van der Waals surface area contributed by atoms with Crippen LogP contribution in [0.3, 0.4) is 0 Å². The molecular formula is C19H22N4. The van der Waals surface area contributed by atoms with Crippen molar-refractivity contribution in [3.05, 3.63) is 60.4 Å². The number of piperidine rings is 1. The van der Waals surface area contributed by atoms with Gasteiger partial charge in [0.25, 0.3) is 0 Å². The number of pyridine rings is 1. The highest BCUT2D eigenvalue weighted by molar-refractivity contribution is 5.82. The van der Waals surface area contributed by atoms with Gasteiger partial charge in [-0.3, -0.25) is 0 Å². The fourth-order valence-corrected chi connectivity index (χ4v) is 3.41. The first-order valence-corrected chi connectivity index (χ1v) is 8.34. The molecule has 3 aromatic rings. The Hall–Kier alpha value is -2.33. The maximum Gasteiger partial charge on any atom is 0.128 e. The van der Waals surface area contributed by atoms with Crippen molar-refractivity contribution in [3.63, 3.8) is 0 Å². The summed E-state index contributed by atoms with van der Waals surface area (Å²) < 4.78 is 0. The van der Waals surface area contributed by atoms with Gasteiger partial charge >= 0.3 is 0 Å². The lowest BCUT2D eigenvalue weighted by molar-refractivity contribution is 0.413. The summed E-state index contributed by atoms with van der Waals surface area (Å²) in [4.78, 5) is 10.1. The van der Waals surface area contributed by atoms with Gasteiger partial charge in [-0.25, -0.2) is 4.98 Å². The molecule has 4 heteroatoms. The minimum atomic E-state index is 0.587. The Morgan fingerprint density at radius 1 is 1.09 bits per heavy atom. The topological polar surface area (TPSA) is 44.0 Å². The van der Waals surface area contributed by atoms with Crippen molar-refractivity contribution in [3.8, 4) is 0 Å². The van der Waals surface area contributed by atoms with E-state index in [0.29, 0.717) is 6.04 Å². The zero-order chi connectivity index (χ0) is 15.5. The molecule has 0 unspecified atom stereocenters. The zero-order valence-corrected chi connectivity index (χ0v) is 13.2. The van der Waals surface area contributed by atoms with Gasteiger partial charge < -0.3 is 15.2 Å². The second-order valence-electron chi connectivity index (χ2n) is 6.19. The first-order valence-electron chi connectivity index (χ1n) is 8.34. The van der Waals surface area contributed by atoms with Crippen LogP contribution in [-0.4, -0.2) is 29.1 Å². The number of aromatic nitrogens is 2. The van der Waals surface area contributed by atoms with Crippen LogP contribution < -0.4 is 10.2 Å². The lowest BCUT2D eigenvalue weighted by Crippen LogP contribution is -2.42. The van der Waals surface area contributed by atoms with E-state index < -0.39 is 0 Å². The number of hydrogen-bond acceptors (Lipinski definition) is 3. The van der Waals surface area contributed by atoms with Gasteiger partial charge in [0.2, 0.25) is 0 Å². The van der Waals surface area contributed by atoms with Crippen LogP contribution in [0.15, 0.2) is 54.9 Å². The molecule has 0 bridgehead atoms. The normalized spacial score (nSPS) is 16.1. The van der Waals surface area contributed by atoms with Crippen LogP contribution >= 0.6 is 0 Å². The van der Waals surface area contributed by atoms with E-state index in [2.05, 4.69) is 56.6 Å². The first kappa shape index (κ1) is 14.3. The summed E-state index contributed by atoms with van der Waals surface area (Å²) in [5.41, 5.74) is 2.59. The van der Waals surface area contributed by atoms with Crippen LogP contribution in [0, 0.1) is 0 Å². The Bertz CT molecular complexity index is 757. The fraction of sp³-hybridized carbons (Fsp3) is 0.316. The Labute approximate surface area is 136 Å². The van der Waals surface area contributed by atoms with Gasteiger partial charge in [0.15, 0.2) is 0 Å². The number of fused-ring (bicyclic) bond motifs is 1. The molecular weight excluding hydrogens is 284 g/mol. The third-order valence-corrected chi connectivity index (χ3v) is 4.73. The second-order valence-corrected chi connectivity index (χ2v) is 6.19. The molecule has 3 heterocycles. The maximum atomic E-state index is 4.45. The molecule has 4 rings (SSSR count). The average Bonchev–Trinajstić information content (AvgIpc) is 3.10. The summed E-state index contributed by atoms with van der Waals surface area (Å²) in [6.45, 7) is 3.08. The SMILES string of the molecule is c1ccc(N2CCC(NCc3cccc4[nH]ccc34)CC2)nc1. The number of rotatable bonds is 4. The van der Waals surface area contributed by atoms with Crippen molar-refractivity contribution < 1.29 is 0 Å². The van der Waals surface area contributed by atoms with Crippen LogP contribution in [0.25, 0.3) is 10.9 Å². The largest absolute Gasteiger partial charge is 0.361 e. The van der Waals surface area contributed by atoms with E-state index in [1.54, 1.807) is 0 Å². The van der Waals surface area contributed by atoms with Crippen molar-refractivity contribution in [2.24, 2.45) is 0 Å². The quantitative estimate of drug-likeness (QED) is 0.777. The molecule has 1 aromatic carbocycles. The molecule has 1 saturated heterocycles. The van der Waals surface area contributed by atoms with Crippen LogP contribution in [0.5, 0.6) is 0 Å². The van der Waals surface area contributed by atoms with E-state index in [0.717, 1.165) is 25.5 Å². The highest BCUT2D eigenvalue weighted by Crippen LogP contribution is 2.20. The minimum absolute atomic E-state index is 0.587. The summed E-state index contributed by atoms with van der Waals surface area (Å²) in [6.07, 6.45) is 6.22. The average molecular weight is 306 g/mol. The van der Waals surface area contributed by atoms with Gasteiger partial charge in [-0.05, 0) is 42.7 Å². The van der Waals surface area contributed by atoms with Crippen LogP contribution in [0.4, 0.5) is 5.82 Å². The van der Waals surface area contributed by atoms with Gasteiger partial charge in [-0.15, -0.1) is 0 Å². The van der Waals surface area contributed by atoms with Gasteiger partial charge in [0.05, 0.1) is 0 Å². The number of aromatic amines is 1. The highest BCUT2D eigenvalue weighted by atomic mass is 15.2. The van der Waals surface area contributed by atoms with Crippen LogP contribution in [0.2, 0.25) is 0 Å². The number of nitrogens with zero attached hydrogens (tertiary/aromatic N) is 2. The molecule has 2 N–H and O–H groups in total. The van der Waals surface area contributed by atoms with Crippen molar-refractivity contribution in [1.29, 1.82) is 0 Å². The van der Waals surface area contributed by atoms with E-state index in [1.165, 1.54) is 29.3 Å². The van der Waals surface area contributed by atoms with Crippen LogP contribution in [-0.2, 0) is 6.54 Å². The van der Waals surface area contributed by atoms with Crippen LogP contribution in [0.1, 0.15) is 18.4 Å². The van der Waals surface area contributed by atoms with Gasteiger partial charge in [0.1, 0.15) is 5.82 Å². The van der Waals surface area contributed by atoms with Crippen molar-refractivity contribution in [1.82, 2.24) is 15.3 Å². The maximum absolute atomic E-state index is 4.45. The van der Waals surface area contributed by atoms with Crippen molar-refractivity contribution in [2.45, 2.75) is 25.4 Å². The van der Waals surface area contributed by atoms with E-state index in [4.69, 9.17) is 0 Å². The summed E-state index contributed by atoms with van der Waals surface area (Å²) in [5, 5.41) is 5.06. The smallest absolute Gasteiger partial charge is 0.128 e. The van der Waals surface area contributed by atoms with E-state index in [1.807, 2.05) is 18.5 Å². The number of hydrogen-bond donors (Lipinski definition) is 2. The molecule has 0 spiro atoms. The predicted octanol–water partition coefficient (Wildman–Crippen LogP) is 3.32. The Morgan fingerprint density at radius 3 is 2.83 bits per heavy atom. The van der Waals surface area contributed by atoms with Crippen molar-refractivity contribution in [2.75, 3.05) is 18.0 Å². The summed E-state index contributed by atoms with van der Waals surface area (Å²) in [7, 11) is 0. The standard InChI is InChI=1S/C19H22N4/c1-2-10-21-19(6-1)23-12-8-16(9-13-23)22-14-15-4-3-5-18-17(15)7-11-20-18/h1-7,10-11,16,20,22H,8-9,12-14H2. The minimum Gasteiger partial charge on any atom is -0.361 e. The molecule has 2 aromatic heterocycles. The molecule has 0 aliphatic carbocycles. The van der Waals surface area contributed by atoms with E-state index >= 15 is 0 Å². The van der Waals surface area contributed by atoms with E-state index in [9.17, 15) is 0 Å². The Morgan fingerprint density at radius 2 is 2.00 bits per heavy atom. The molecule has 4 nitrogen and oxygen atoms in total. The number of H-pyrrole nitrogens is 1. The summed E-state index contributed by atoms with van der Waals surface area (Å²) >= 11 is 0. The highest BCUT2D eigenvalue weighted by Gasteiger charge is 2.19. The molecule has 118 valence electrons. The fourth-order valence-electron chi connectivity index (χ4n) is 3.41. The molecule has 1 aliphatic rings. The molecule has 23 heavy (non-hydrogen) atoms. The molecule has 1 aliphatic heterocycles. The lowest BCUT2D eigenvalue weighted by Gasteiger charge is -2.33. The first-order chi connectivity index (χ1) is 11.4. The third kappa shape index (κ3) is 3.08. The predicted molar refractivity (Wildman–Crippen MR) is 94.6 cm³/mol. The van der Waals surface area contributed by atoms with Gasteiger partial charge in [-0.2, -0.15) is 0 Å². The molecule has 0 saturated carbocycles. The van der Waals surface area contributed by atoms with E-state index in [-0.39, 0.29) is 0 Å². The monoisotopic (exact) mass is 306 g/mol. The number of anilines is 1. The number of benzene rings is 1. The molecule has 0 radical (unpaired) electrons. The zero-order valence-electron chi connectivity index (χ0n) is 13.2. The molecule has 1 fully saturated rings. The Kier molecular flexibility index (Phi) is 3.99. The summed E-state index contributed by atoms with van der Waals surface area (Å²) in [6, 6.07) is 15.3. The molecule has 0 amide bonds. The lowest BCUT2D eigenvalue weighted by atomic mass is 10.0. The Balaban J connectivity index is 1.34. The van der Waals surface area contributed by atoms with Crippen molar-refractivity contribution >= 4 is 16.7 Å².